The second kappa shape index (κ2) is 8.34. The Hall–Kier alpha value is -2.37. The van der Waals surface area contributed by atoms with Crippen LogP contribution in [-0.4, -0.2) is 36.7 Å². The number of carbonyl (C=O) groups excluding carboxylic acids is 3. The third-order valence-electron chi connectivity index (χ3n) is 4.18. The van der Waals surface area contributed by atoms with Gasteiger partial charge in [0.15, 0.2) is 6.10 Å². The number of ether oxygens (including phenoxy) is 3. The predicted octanol–water partition coefficient (Wildman–Crippen LogP) is 2.68. The fraction of sp³-hybridized carbons (Fsp3) is 0.550. The number of esters is 3. The molecule has 0 N–H and O–H groups in total. The molecule has 26 heavy (non-hydrogen) atoms. The first-order valence-corrected chi connectivity index (χ1v) is 8.79. The van der Waals surface area contributed by atoms with Crippen LogP contribution in [0.15, 0.2) is 30.3 Å². The number of benzene rings is 1. The number of carbonyl (C=O) groups is 3. The maximum absolute atomic E-state index is 12.6. The Kier molecular flexibility index (Phi) is 6.40. The minimum Gasteiger partial charge on any atom is -0.465 e. The predicted molar refractivity (Wildman–Crippen MR) is 94.1 cm³/mol. The number of rotatable bonds is 3. The maximum Gasteiger partial charge on any atom is 0.313 e. The van der Waals surface area contributed by atoms with Crippen molar-refractivity contribution in [1.82, 2.24) is 0 Å². The van der Waals surface area contributed by atoms with Crippen LogP contribution in [-0.2, 0) is 35.0 Å². The van der Waals surface area contributed by atoms with Gasteiger partial charge >= 0.3 is 17.9 Å². The lowest BCUT2D eigenvalue weighted by atomic mass is 9.90. The van der Waals surface area contributed by atoms with Gasteiger partial charge in [0.2, 0.25) is 0 Å². The molecule has 0 aliphatic carbocycles. The van der Waals surface area contributed by atoms with Gasteiger partial charge in [0.25, 0.3) is 0 Å². The minimum atomic E-state index is -0.920. The van der Waals surface area contributed by atoms with Crippen LogP contribution < -0.4 is 0 Å². The SMILES string of the molecule is CC1OC(=O)CCOC(=O)C(Cc2ccccc2)[C@H]1OC(=O)C(C)(C)C. The topological polar surface area (TPSA) is 78.9 Å². The van der Waals surface area contributed by atoms with Gasteiger partial charge in [-0.2, -0.15) is 0 Å². The molecule has 0 saturated carbocycles. The second-order valence-electron chi connectivity index (χ2n) is 7.53. The van der Waals surface area contributed by atoms with E-state index in [-0.39, 0.29) is 13.0 Å². The van der Waals surface area contributed by atoms with Crippen LogP contribution in [0.5, 0.6) is 0 Å². The van der Waals surface area contributed by atoms with Crippen LogP contribution in [0.25, 0.3) is 0 Å². The van der Waals surface area contributed by atoms with Gasteiger partial charge in [-0.1, -0.05) is 30.3 Å². The zero-order chi connectivity index (χ0) is 19.3. The van der Waals surface area contributed by atoms with Gasteiger partial charge in [-0.3, -0.25) is 14.4 Å². The van der Waals surface area contributed by atoms with Gasteiger partial charge in [-0.25, -0.2) is 0 Å². The minimum absolute atomic E-state index is 0.0198. The Balaban J connectivity index is 2.34. The zero-order valence-electron chi connectivity index (χ0n) is 15.7. The van der Waals surface area contributed by atoms with Gasteiger partial charge in [0.05, 0.1) is 11.8 Å². The molecule has 1 saturated heterocycles. The van der Waals surface area contributed by atoms with E-state index in [2.05, 4.69) is 0 Å². The highest BCUT2D eigenvalue weighted by molar-refractivity contribution is 5.78. The van der Waals surface area contributed by atoms with Crippen LogP contribution in [0.1, 0.15) is 39.7 Å². The molecule has 1 aromatic rings. The van der Waals surface area contributed by atoms with E-state index in [9.17, 15) is 14.4 Å². The highest BCUT2D eigenvalue weighted by Gasteiger charge is 2.41. The quantitative estimate of drug-likeness (QED) is 0.608. The molecule has 0 amide bonds. The summed E-state index contributed by atoms with van der Waals surface area (Å²) in [6, 6.07) is 9.40. The van der Waals surface area contributed by atoms with Crippen LogP contribution in [0.4, 0.5) is 0 Å². The summed E-state index contributed by atoms with van der Waals surface area (Å²) >= 11 is 0. The van der Waals surface area contributed by atoms with Gasteiger partial charge in [0.1, 0.15) is 18.6 Å². The molecule has 1 fully saturated rings. The Morgan fingerprint density at radius 1 is 1.19 bits per heavy atom. The van der Waals surface area contributed by atoms with Gasteiger partial charge in [-0.15, -0.1) is 0 Å². The van der Waals surface area contributed by atoms with Gasteiger partial charge in [-0.05, 0) is 39.7 Å². The van der Waals surface area contributed by atoms with Gasteiger partial charge in [0, 0.05) is 0 Å². The first-order valence-electron chi connectivity index (χ1n) is 8.79. The summed E-state index contributed by atoms with van der Waals surface area (Å²) < 4.78 is 16.2. The van der Waals surface area contributed by atoms with Crippen molar-refractivity contribution in [3.8, 4) is 0 Å². The highest BCUT2D eigenvalue weighted by Crippen LogP contribution is 2.26. The summed E-state index contributed by atoms with van der Waals surface area (Å²) in [5.41, 5.74) is 0.160. The summed E-state index contributed by atoms with van der Waals surface area (Å²) in [4.78, 5) is 36.9. The van der Waals surface area contributed by atoms with Crippen molar-refractivity contribution in [2.45, 2.75) is 52.7 Å². The van der Waals surface area contributed by atoms with Crippen LogP contribution >= 0.6 is 0 Å². The average molecular weight is 362 g/mol. The van der Waals surface area contributed by atoms with Crippen LogP contribution in [0.2, 0.25) is 0 Å². The lowest BCUT2D eigenvalue weighted by Gasteiger charge is -2.31. The van der Waals surface area contributed by atoms with E-state index in [0.29, 0.717) is 6.42 Å². The molecule has 0 spiro atoms. The van der Waals surface area contributed by atoms with Crippen molar-refractivity contribution in [3.05, 3.63) is 35.9 Å². The molecule has 0 radical (unpaired) electrons. The number of cyclic esters (lactones) is 2. The third-order valence-corrected chi connectivity index (χ3v) is 4.18. The Morgan fingerprint density at radius 2 is 1.85 bits per heavy atom. The summed E-state index contributed by atoms with van der Waals surface area (Å²) in [5, 5.41) is 0. The molecule has 1 aromatic carbocycles. The number of hydrogen-bond donors (Lipinski definition) is 0. The first-order chi connectivity index (χ1) is 12.2. The second-order valence-corrected chi connectivity index (χ2v) is 7.53. The van der Waals surface area contributed by atoms with Crippen molar-refractivity contribution < 1.29 is 28.6 Å². The molecule has 2 unspecified atom stereocenters. The molecule has 2 rings (SSSR count). The molecular weight excluding hydrogens is 336 g/mol. The van der Waals surface area contributed by atoms with E-state index in [4.69, 9.17) is 14.2 Å². The molecule has 3 atom stereocenters. The molecule has 142 valence electrons. The Morgan fingerprint density at radius 3 is 2.46 bits per heavy atom. The summed E-state index contributed by atoms with van der Waals surface area (Å²) in [6.45, 7) is 6.77. The molecule has 1 heterocycles. The molecule has 6 heteroatoms. The normalized spacial score (nSPS) is 24.5. The molecule has 1 aliphatic heterocycles. The van der Waals surface area contributed by atoms with Crippen molar-refractivity contribution in [2.24, 2.45) is 11.3 Å². The molecule has 0 bridgehead atoms. The summed E-state index contributed by atoms with van der Waals surface area (Å²) in [6.07, 6.45) is -1.37. The maximum atomic E-state index is 12.6. The van der Waals surface area contributed by atoms with Crippen molar-refractivity contribution in [3.63, 3.8) is 0 Å². The first kappa shape index (κ1) is 19.9. The molecule has 1 aliphatic rings. The van der Waals surface area contributed by atoms with E-state index in [1.807, 2.05) is 30.3 Å². The van der Waals surface area contributed by atoms with E-state index in [0.717, 1.165) is 5.56 Å². The van der Waals surface area contributed by atoms with Gasteiger partial charge < -0.3 is 14.2 Å². The smallest absolute Gasteiger partial charge is 0.313 e. The summed E-state index contributed by atoms with van der Waals surface area (Å²) in [5.74, 6) is -2.20. The lowest BCUT2D eigenvalue weighted by Crippen LogP contribution is -2.44. The molecular formula is C20H26O6. The van der Waals surface area contributed by atoms with E-state index in [1.54, 1.807) is 27.7 Å². The Bertz CT molecular complexity index is 646. The molecule has 0 aromatic heterocycles. The standard InChI is InChI=1S/C20H26O6/c1-13-17(26-19(23)20(2,3)4)15(12-14-8-6-5-7-9-14)18(22)24-11-10-16(21)25-13/h5-9,13,15,17H,10-12H2,1-4H3/t13?,15?,17-/m0/s1. The lowest BCUT2D eigenvalue weighted by molar-refractivity contribution is -0.179. The van der Waals surface area contributed by atoms with Crippen molar-refractivity contribution in [1.29, 1.82) is 0 Å². The largest absolute Gasteiger partial charge is 0.465 e. The summed E-state index contributed by atoms with van der Waals surface area (Å²) in [7, 11) is 0. The monoisotopic (exact) mass is 362 g/mol. The fourth-order valence-electron chi connectivity index (χ4n) is 2.68. The third kappa shape index (κ3) is 5.31. The van der Waals surface area contributed by atoms with Crippen molar-refractivity contribution >= 4 is 17.9 Å². The zero-order valence-corrected chi connectivity index (χ0v) is 15.7. The highest BCUT2D eigenvalue weighted by atomic mass is 16.6. The Labute approximate surface area is 153 Å². The fourth-order valence-corrected chi connectivity index (χ4v) is 2.68. The van der Waals surface area contributed by atoms with E-state index >= 15 is 0 Å². The average Bonchev–Trinajstić information content (AvgIpc) is 2.60. The molecule has 6 nitrogen and oxygen atoms in total. The van der Waals surface area contributed by atoms with Crippen LogP contribution in [0.3, 0.4) is 0 Å². The van der Waals surface area contributed by atoms with Crippen LogP contribution in [0, 0.1) is 11.3 Å². The van der Waals surface area contributed by atoms with Crippen molar-refractivity contribution in [2.75, 3.05) is 6.61 Å². The number of hydrogen-bond acceptors (Lipinski definition) is 6. The van der Waals surface area contributed by atoms with E-state index < -0.39 is 41.4 Å². The van der Waals surface area contributed by atoms with E-state index in [1.165, 1.54) is 0 Å².